The van der Waals surface area contributed by atoms with Crippen LogP contribution in [0.2, 0.25) is 10.0 Å². The topological polar surface area (TPSA) is 106 Å². The Morgan fingerprint density at radius 2 is 1.66 bits per heavy atom. The van der Waals surface area contributed by atoms with Crippen molar-refractivity contribution in [3.8, 4) is 0 Å². The highest BCUT2D eigenvalue weighted by atomic mass is 35.5. The number of benzene rings is 1. The number of ether oxygens (including phenoxy) is 4. The molecule has 2 heterocycles. The lowest BCUT2D eigenvalue weighted by atomic mass is 10.1. The molecule has 0 spiro atoms. The van der Waals surface area contributed by atoms with Gasteiger partial charge >= 0.3 is 17.9 Å². The summed E-state index contributed by atoms with van der Waals surface area (Å²) in [5.74, 6) is -1.73. The SMILES string of the molecule is CC(=O)OCC1OC(n2cnc3cc(Cl)c(Cl)cc32)C(OC(C)=O)C1OC(C)=O. The Morgan fingerprint density at radius 3 is 2.28 bits per heavy atom. The number of hydrogen-bond donors (Lipinski definition) is 0. The molecule has 2 aromatic rings. The van der Waals surface area contributed by atoms with E-state index in [1.54, 1.807) is 16.7 Å². The highest BCUT2D eigenvalue weighted by molar-refractivity contribution is 6.42. The third-order valence-electron chi connectivity index (χ3n) is 4.23. The molecule has 9 nitrogen and oxygen atoms in total. The van der Waals surface area contributed by atoms with Crippen LogP contribution in [0.25, 0.3) is 11.0 Å². The van der Waals surface area contributed by atoms with E-state index in [1.807, 2.05) is 0 Å². The predicted octanol–water partition coefficient (Wildman–Crippen LogP) is 2.67. The summed E-state index contributed by atoms with van der Waals surface area (Å²) in [4.78, 5) is 38.8. The number of hydrogen-bond acceptors (Lipinski definition) is 8. The monoisotopic (exact) mass is 444 g/mol. The first-order valence-electron chi connectivity index (χ1n) is 8.62. The molecule has 1 fully saturated rings. The molecule has 0 radical (unpaired) electrons. The highest BCUT2D eigenvalue weighted by Gasteiger charge is 2.50. The Morgan fingerprint density at radius 1 is 1.03 bits per heavy atom. The summed E-state index contributed by atoms with van der Waals surface area (Å²) < 4.78 is 23.3. The molecule has 0 N–H and O–H groups in total. The zero-order chi connectivity index (χ0) is 21.3. The molecule has 4 atom stereocenters. The van der Waals surface area contributed by atoms with Gasteiger partial charge in [0, 0.05) is 20.8 Å². The van der Waals surface area contributed by atoms with Crippen molar-refractivity contribution >= 4 is 52.1 Å². The van der Waals surface area contributed by atoms with E-state index in [9.17, 15) is 14.4 Å². The second-order valence-electron chi connectivity index (χ2n) is 6.42. The fourth-order valence-electron chi connectivity index (χ4n) is 3.14. The van der Waals surface area contributed by atoms with Crippen molar-refractivity contribution in [2.75, 3.05) is 6.61 Å². The number of carbonyl (C=O) groups is 3. The van der Waals surface area contributed by atoms with Crippen molar-refractivity contribution in [2.45, 2.75) is 45.3 Å². The van der Waals surface area contributed by atoms with Gasteiger partial charge in [-0.15, -0.1) is 0 Å². The van der Waals surface area contributed by atoms with Crippen LogP contribution in [0, 0.1) is 0 Å². The molecule has 0 amide bonds. The third kappa shape index (κ3) is 4.63. The molecular formula is C18H18Cl2N2O7. The Bertz CT molecular complexity index is 961. The number of imidazole rings is 1. The Balaban J connectivity index is 2.03. The fraction of sp³-hybridized carbons (Fsp3) is 0.444. The molecule has 1 aliphatic heterocycles. The zero-order valence-electron chi connectivity index (χ0n) is 15.8. The van der Waals surface area contributed by atoms with E-state index >= 15 is 0 Å². The normalized spacial score (nSPS) is 23.8. The summed E-state index contributed by atoms with van der Waals surface area (Å²) in [6.07, 6.45) is -2.31. The first-order valence-corrected chi connectivity index (χ1v) is 9.37. The molecule has 0 saturated carbocycles. The van der Waals surface area contributed by atoms with Crippen molar-refractivity contribution < 1.29 is 33.3 Å². The van der Waals surface area contributed by atoms with Crippen molar-refractivity contribution in [2.24, 2.45) is 0 Å². The van der Waals surface area contributed by atoms with Crippen molar-refractivity contribution in [1.82, 2.24) is 9.55 Å². The summed E-state index contributed by atoms with van der Waals surface area (Å²) in [6.45, 7) is 3.49. The van der Waals surface area contributed by atoms with E-state index in [0.29, 0.717) is 21.1 Å². The first-order chi connectivity index (χ1) is 13.7. The van der Waals surface area contributed by atoms with E-state index < -0.39 is 42.4 Å². The van der Waals surface area contributed by atoms with Gasteiger partial charge in [-0.1, -0.05) is 23.2 Å². The molecule has 0 bridgehead atoms. The van der Waals surface area contributed by atoms with Gasteiger partial charge in [0.1, 0.15) is 12.7 Å². The van der Waals surface area contributed by atoms with Gasteiger partial charge in [0.15, 0.2) is 18.4 Å². The smallest absolute Gasteiger partial charge is 0.303 e. The maximum Gasteiger partial charge on any atom is 0.303 e. The lowest BCUT2D eigenvalue weighted by Gasteiger charge is -2.24. The van der Waals surface area contributed by atoms with Gasteiger partial charge in [-0.05, 0) is 12.1 Å². The van der Waals surface area contributed by atoms with E-state index in [0.717, 1.165) is 0 Å². The summed E-state index contributed by atoms with van der Waals surface area (Å²) in [7, 11) is 0. The number of aromatic nitrogens is 2. The van der Waals surface area contributed by atoms with Crippen molar-refractivity contribution in [3.63, 3.8) is 0 Å². The van der Waals surface area contributed by atoms with Gasteiger partial charge in [0.2, 0.25) is 0 Å². The molecule has 3 rings (SSSR count). The van der Waals surface area contributed by atoms with Crippen LogP contribution in [-0.2, 0) is 33.3 Å². The van der Waals surface area contributed by atoms with Crippen LogP contribution in [0.15, 0.2) is 18.5 Å². The maximum atomic E-state index is 11.7. The van der Waals surface area contributed by atoms with Crippen LogP contribution >= 0.6 is 23.2 Å². The lowest BCUT2D eigenvalue weighted by Crippen LogP contribution is -2.40. The number of halogens is 2. The molecule has 11 heteroatoms. The maximum absolute atomic E-state index is 11.7. The zero-order valence-corrected chi connectivity index (χ0v) is 17.3. The number of carbonyl (C=O) groups excluding carboxylic acids is 3. The molecule has 1 aromatic carbocycles. The molecule has 29 heavy (non-hydrogen) atoms. The van der Waals surface area contributed by atoms with Crippen LogP contribution in [0.4, 0.5) is 0 Å². The van der Waals surface area contributed by atoms with Gasteiger partial charge < -0.3 is 23.5 Å². The molecule has 1 aliphatic rings. The van der Waals surface area contributed by atoms with Crippen LogP contribution in [0.3, 0.4) is 0 Å². The Labute approximate surface area is 175 Å². The van der Waals surface area contributed by atoms with E-state index in [1.165, 1.54) is 27.1 Å². The minimum Gasteiger partial charge on any atom is -0.463 e. The summed E-state index contributed by atoms with van der Waals surface area (Å²) in [5, 5.41) is 0.634. The Kier molecular flexibility index (Phi) is 6.30. The van der Waals surface area contributed by atoms with Gasteiger partial charge in [-0.25, -0.2) is 4.98 Å². The fourth-order valence-corrected chi connectivity index (χ4v) is 3.46. The number of nitrogens with zero attached hydrogens (tertiary/aromatic N) is 2. The third-order valence-corrected chi connectivity index (χ3v) is 4.95. The molecular weight excluding hydrogens is 427 g/mol. The van der Waals surface area contributed by atoms with Crippen molar-refractivity contribution in [3.05, 3.63) is 28.5 Å². The van der Waals surface area contributed by atoms with Gasteiger partial charge in [-0.3, -0.25) is 14.4 Å². The largest absolute Gasteiger partial charge is 0.463 e. The average Bonchev–Trinajstić information content (AvgIpc) is 3.14. The second-order valence-corrected chi connectivity index (χ2v) is 7.24. The van der Waals surface area contributed by atoms with Gasteiger partial charge in [0.05, 0.1) is 27.4 Å². The second kappa shape index (κ2) is 8.56. The first kappa shape index (κ1) is 21.4. The molecule has 0 aliphatic carbocycles. The number of rotatable bonds is 5. The van der Waals surface area contributed by atoms with Crippen LogP contribution in [0.5, 0.6) is 0 Å². The van der Waals surface area contributed by atoms with Crippen LogP contribution in [0.1, 0.15) is 27.0 Å². The molecule has 156 valence electrons. The summed E-state index contributed by atoms with van der Waals surface area (Å²) >= 11 is 12.2. The highest BCUT2D eigenvalue weighted by Crippen LogP contribution is 2.37. The minimum absolute atomic E-state index is 0.194. The number of fused-ring (bicyclic) bond motifs is 1. The van der Waals surface area contributed by atoms with Crippen LogP contribution in [-0.4, -0.2) is 52.4 Å². The van der Waals surface area contributed by atoms with Gasteiger partial charge in [0.25, 0.3) is 0 Å². The summed E-state index contributed by atoms with van der Waals surface area (Å²) in [5.41, 5.74) is 1.10. The summed E-state index contributed by atoms with van der Waals surface area (Å²) in [6, 6.07) is 3.19. The average molecular weight is 445 g/mol. The van der Waals surface area contributed by atoms with E-state index in [-0.39, 0.29) is 6.61 Å². The quantitative estimate of drug-likeness (QED) is 0.511. The minimum atomic E-state index is -1.01. The Hall–Kier alpha value is -2.36. The predicted molar refractivity (Wildman–Crippen MR) is 101 cm³/mol. The molecule has 1 aromatic heterocycles. The molecule has 1 saturated heterocycles. The van der Waals surface area contributed by atoms with Gasteiger partial charge in [-0.2, -0.15) is 0 Å². The number of esters is 3. The van der Waals surface area contributed by atoms with Crippen molar-refractivity contribution in [1.29, 1.82) is 0 Å². The van der Waals surface area contributed by atoms with E-state index in [4.69, 9.17) is 42.1 Å². The van der Waals surface area contributed by atoms with E-state index in [2.05, 4.69) is 4.98 Å². The molecule has 4 unspecified atom stereocenters. The van der Waals surface area contributed by atoms with Crippen LogP contribution < -0.4 is 0 Å². The lowest BCUT2D eigenvalue weighted by molar-refractivity contribution is -0.166. The standard InChI is InChI=1S/C18H18Cl2N2O7/c1-8(23)26-6-15-16(27-9(2)24)17(28-10(3)25)18(29-15)22-7-21-13-4-11(19)12(20)5-14(13)22/h4-5,7,15-18H,6H2,1-3H3.